The lowest BCUT2D eigenvalue weighted by atomic mass is 10.3. The van der Waals surface area contributed by atoms with Crippen molar-refractivity contribution in [1.82, 2.24) is 5.32 Å². The quantitative estimate of drug-likeness (QED) is 0.561. The van der Waals surface area contributed by atoms with E-state index < -0.39 is 10.8 Å². The van der Waals surface area contributed by atoms with Gasteiger partial charge in [-0.05, 0) is 19.9 Å². The number of rotatable bonds is 0. The minimum atomic E-state index is -0.595. The molecular weight excluding hydrogens is 146 g/mol. The van der Waals surface area contributed by atoms with Gasteiger partial charge in [-0.15, -0.1) is 0 Å². The number of hydrogen-bond donors (Lipinski definition) is 1. The summed E-state index contributed by atoms with van der Waals surface area (Å²) < 4.78 is 11.3. The van der Waals surface area contributed by atoms with Gasteiger partial charge in [-0.3, -0.25) is 4.21 Å². The first-order valence-electron chi connectivity index (χ1n) is 3.80. The minimum absolute atomic E-state index is 0.387. The highest BCUT2D eigenvalue weighted by Crippen LogP contribution is 2.06. The largest absolute Gasteiger partial charge is 0.313 e. The first-order valence-corrected chi connectivity index (χ1v) is 5.19. The van der Waals surface area contributed by atoms with Crippen LogP contribution in [0.4, 0.5) is 0 Å². The van der Waals surface area contributed by atoms with Crippen LogP contribution in [-0.4, -0.2) is 27.8 Å². The lowest BCUT2D eigenvalue weighted by Gasteiger charge is -2.06. The van der Waals surface area contributed by atoms with Gasteiger partial charge < -0.3 is 5.32 Å². The van der Waals surface area contributed by atoms with Crippen molar-refractivity contribution in [2.45, 2.75) is 31.6 Å². The molecule has 10 heavy (non-hydrogen) atoms. The Balaban J connectivity index is 2.49. The number of hydrogen-bond acceptors (Lipinski definition) is 2. The second kappa shape index (κ2) is 3.49. The summed E-state index contributed by atoms with van der Waals surface area (Å²) in [6.45, 7) is 5.18. The van der Waals surface area contributed by atoms with E-state index in [4.69, 9.17) is 0 Å². The van der Waals surface area contributed by atoms with Crippen molar-refractivity contribution < 1.29 is 4.21 Å². The SMILES string of the molecule is CC1CS(=O)C(C)CCN1. The molecule has 0 bridgehead atoms. The highest BCUT2D eigenvalue weighted by Gasteiger charge is 2.17. The highest BCUT2D eigenvalue weighted by molar-refractivity contribution is 7.85. The van der Waals surface area contributed by atoms with Gasteiger partial charge in [0.2, 0.25) is 0 Å². The van der Waals surface area contributed by atoms with Crippen LogP contribution in [0.2, 0.25) is 0 Å². The molecule has 0 spiro atoms. The Kier molecular flexibility index (Phi) is 2.86. The van der Waals surface area contributed by atoms with Crippen LogP contribution in [0.1, 0.15) is 20.3 Å². The van der Waals surface area contributed by atoms with E-state index in [0.717, 1.165) is 18.7 Å². The molecule has 1 N–H and O–H groups in total. The van der Waals surface area contributed by atoms with Gasteiger partial charge in [-0.1, -0.05) is 6.92 Å². The van der Waals surface area contributed by atoms with E-state index in [0.29, 0.717) is 11.3 Å². The zero-order valence-electron chi connectivity index (χ0n) is 6.59. The van der Waals surface area contributed by atoms with Crippen molar-refractivity contribution in [2.24, 2.45) is 0 Å². The van der Waals surface area contributed by atoms with E-state index >= 15 is 0 Å². The topological polar surface area (TPSA) is 29.1 Å². The van der Waals surface area contributed by atoms with E-state index in [1.54, 1.807) is 0 Å². The van der Waals surface area contributed by atoms with E-state index in [9.17, 15) is 4.21 Å². The van der Waals surface area contributed by atoms with Gasteiger partial charge in [0.05, 0.1) is 0 Å². The molecule has 1 saturated heterocycles. The van der Waals surface area contributed by atoms with E-state index in [1.165, 1.54) is 0 Å². The van der Waals surface area contributed by atoms with Gasteiger partial charge in [-0.2, -0.15) is 0 Å². The van der Waals surface area contributed by atoms with Crippen LogP contribution in [0.15, 0.2) is 0 Å². The molecule has 0 aromatic rings. The molecule has 1 aliphatic rings. The fourth-order valence-corrected chi connectivity index (χ4v) is 2.45. The molecule has 2 nitrogen and oxygen atoms in total. The summed E-state index contributed by atoms with van der Waals surface area (Å²) in [5.41, 5.74) is 0. The summed E-state index contributed by atoms with van der Waals surface area (Å²) in [5.74, 6) is 0.821. The fourth-order valence-electron chi connectivity index (χ4n) is 1.13. The molecule has 1 heterocycles. The highest BCUT2D eigenvalue weighted by atomic mass is 32.2. The summed E-state index contributed by atoms with van der Waals surface area (Å²) in [6, 6.07) is 0.436. The molecule has 3 unspecified atom stereocenters. The average Bonchev–Trinajstić information content (AvgIpc) is 1.96. The third kappa shape index (κ3) is 2.06. The van der Waals surface area contributed by atoms with Crippen LogP contribution < -0.4 is 5.32 Å². The summed E-state index contributed by atoms with van der Waals surface area (Å²) in [5, 5.41) is 3.70. The summed E-state index contributed by atoms with van der Waals surface area (Å²) in [6.07, 6.45) is 1.05. The first-order chi connectivity index (χ1) is 4.70. The molecule has 1 fully saturated rings. The lowest BCUT2D eigenvalue weighted by molar-refractivity contribution is 0.590. The molecule has 3 heteroatoms. The Labute approximate surface area is 64.8 Å². The van der Waals surface area contributed by atoms with Crippen molar-refractivity contribution in [3.05, 3.63) is 0 Å². The molecular formula is C7H15NOS. The standard InChI is InChI=1S/C7H15NOS/c1-6-5-10(9)7(2)3-4-8-6/h6-8H,3-5H2,1-2H3. The van der Waals surface area contributed by atoms with Gasteiger partial charge in [0, 0.05) is 27.8 Å². The Morgan fingerprint density at radius 2 is 2.20 bits per heavy atom. The minimum Gasteiger partial charge on any atom is -0.313 e. The maximum absolute atomic E-state index is 11.3. The second-order valence-corrected chi connectivity index (χ2v) is 4.90. The molecule has 3 atom stereocenters. The average molecular weight is 161 g/mol. The molecule has 60 valence electrons. The van der Waals surface area contributed by atoms with Crippen molar-refractivity contribution in [3.8, 4) is 0 Å². The van der Waals surface area contributed by atoms with Crippen molar-refractivity contribution in [3.63, 3.8) is 0 Å². The maximum atomic E-state index is 11.3. The summed E-state index contributed by atoms with van der Waals surface area (Å²) in [4.78, 5) is 0. The number of nitrogens with one attached hydrogen (secondary N) is 1. The molecule has 0 radical (unpaired) electrons. The van der Waals surface area contributed by atoms with Gasteiger partial charge in [-0.25, -0.2) is 0 Å². The molecule has 1 aliphatic heterocycles. The van der Waals surface area contributed by atoms with Crippen LogP contribution >= 0.6 is 0 Å². The molecule has 1 rings (SSSR count). The summed E-state index contributed by atoms with van der Waals surface area (Å²) >= 11 is 0. The van der Waals surface area contributed by atoms with E-state index in [2.05, 4.69) is 19.2 Å². The second-order valence-electron chi connectivity index (χ2n) is 3.00. The molecule has 0 aliphatic carbocycles. The fraction of sp³-hybridized carbons (Fsp3) is 1.00. The van der Waals surface area contributed by atoms with Gasteiger partial charge in [0.25, 0.3) is 0 Å². The van der Waals surface area contributed by atoms with E-state index in [-0.39, 0.29) is 0 Å². The van der Waals surface area contributed by atoms with Crippen LogP contribution in [0.3, 0.4) is 0 Å². The third-order valence-electron chi connectivity index (χ3n) is 1.91. The van der Waals surface area contributed by atoms with E-state index in [1.807, 2.05) is 0 Å². The maximum Gasteiger partial charge on any atom is 0.0388 e. The third-order valence-corrected chi connectivity index (χ3v) is 3.87. The zero-order valence-corrected chi connectivity index (χ0v) is 7.41. The zero-order chi connectivity index (χ0) is 7.56. The Morgan fingerprint density at radius 1 is 1.50 bits per heavy atom. The van der Waals surface area contributed by atoms with Crippen molar-refractivity contribution in [1.29, 1.82) is 0 Å². The lowest BCUT2D eigenvalue weighted by Crippen LogP contribution is -2.28. The Hall–Kier alpha value is 0.110. The van der Waals surface area contributed by atoms with Crippen LogP contribution in [0.5, 0.6) is 0 Å². The molecule has 0 saturated carbocycles. The van der Waals surface area contributed by atoms with Gasteiger partial charge >= 0.3 is 0 Å². The molecule has 0 amide bonds. The molecule has 0 aromatic carbocycles. The van der Waals surface area contributed by atoms with Crippen LogP contribution in [0, 0.1) is 0 Å². The predicted molar refractivity (Wildman–Crippen MR) is 44.6 cm³/mol. The smallest absolute Gasteiger partial charge is 0.0388 e. The Morgan fingerprint density at radius 3 is 2.90 bits per heavy atom. The first kappa shape index (κ1) is 8.21. The summed E-state index contributed by atoms with van der Waals surface area (Å²) in [7, 11) is -0.595. The van der Waals surface area contributed by atoms with Crippen molar-refractivity contribution >= 4 is 10.8 Å². The van der Waals surface area contributed by atoms with Gasteiger partial charge in [0.15, 0.2) is 0 Å². The van der Waals surface area contributed by atoms with Crippen LogP contribution in [-0.2, 0) is 10.8 Å². The van der Waals surface area contributed by atoms with Gasteiger partial charge in [0.1, 0.15) is 0 Å². The molecule has 0 aromatic heterocycles. The Bertz CT molecular complexity index is 138. The monoisotopic (exact) mass is 161 g/mol. The normalized spacial score (nSPS) is 42.8. The predicted octanol–water partition coefficient (Wildman–Crippen LogP) is 0.505. The van der Waals surface area contributed by atoms with Crippen molar-refractivity contribution in [2.75, 3.05) is 12.3 Å². The van der Waals surface area contributed by atoms with Crippen LogP contribution in [0.25, 0.3) is 0 Å².